The highest BCUT2D eigenvalue weighted by Gasteiger charge is 2.36. The molecular formula is C18H11Cl2NO3S. The maximum Gasteiger partial charge on any atom is 0.293 e. The number of nitrogens with zero attached hydrogens (tertiary/aromatic N) is 1. The summed E-state index contributed by atoms with van der Waals surface area (Å²) in [6.07, 6.45) is 1.61. The van der Waals surface area contributed by atoms with Crippen LogP contribution in [0.3, 0.4) is 0 Å². The Morgan fingerprint density at radius 1 is 0.960 bits per heavy atom. The van der Waals surface area contributed by atoms with Crippen LogP contribution in [0.25, 0.3) is 6.08 Å². The van der Waals surface area contributed by atoms with Gasteiger partial charge in [0, 0.05) is 15.6 Å². The van der Waals surface area contributed by atoms with Crippen molar-refractivity contribution in [3.63, 3.8) is 0 Å². The van der Waals surface area contributed by atoms with Crippen molar-refractivity contribution in [2.24, 2.45) is 0 Å². The second-order valence-corrected chi connectivity index (χ2v) is 7.12. The lowest BCUT2D eigenvalue weighted by Gasteiger charge is -2.11. The van der Waals surface area contributed by atoms with Gasteiger partial charge in [0.25, 0.3) is 11.1 Å². The average molecular weight is 392 g/mol. The normalized spacial score (nSPS) is 15.9. The van der Waals surface area contributed by atoms with E-state index < -0.39 is 11.1 Å². The number of benzene rings is 2. The van der Waals surface area contributed by atoms with Gasteiger partial charge in [-0.3, -0.25) is 19.3 Å². The van der Waals surface area contributed by atoms with Crippen molar-refractivity contribution in [2.75, 3.05) is 6.54 Å². The first-order valence-electron chi connectivity index (χ1n) is 7.24. The lowest BCUT2D eigenvalue weighted by Crippen LogP contribution is -2.33. The highest BCUT2D eigenvalue weighted by molar-refractivity contribution is 8.18. The minimum atomic E-state index is -0.479. The monoisotopic (exact) mass is 391 g/mol. The molecule has 0 aliphatic carbocycles. The minimum absolute atomic E-state index is 0.274. The van der Waals surface area contributed by atoms with Gasteiger partial charge >= 0.3 is 0 Å². The number of thioether (sulfide) groups is 1. The van der Waals surface area contributed by atoms with Gasteiger partial charge in [0.2, 0.25) is 0 Å². The van der Waals surface area contributed by atoms with Crippen molar-refractivity contribution in [1.82, 2.24) is 4.90 Å². The number of imide groups is 1. The third-order valence-corrected chi connectivity index (χ3v) is 4.92. The van der Waals surface area contributed by atoms with E-state index in [-0.39, 0.29) is 17.2 Å². The molecule has 1 aliphatic heterocycles. The van der Waals surface area contributed by atoms with E-state index in [9.17, 15) is 14.4 Å². The van der Waals surface area contributed by atoms with E-state index in [0.29, 0.717) is 15.6 Å². The van der Waals surface area contributed by atoms with Gasteiger partial charge in [-0.25, -0.2) is 0 Å². The van der Waals surface area contributed by atoms with Crippen LogP contribution >= 0.6 is 35.0 Å². The molecule has 0 bridgehead atoms. The molecule has 0 spiro atoms. The van der Waals surface area contributed by atoms with E-state index in [4.69, 9.17) is 23.2 Å². The third kappa shape index (κ3) is 4.12. The van der Waals surface area contributed by atoms with Gasteiger partial charge < -0.3 is 0 Å². The first-order chi connectivity index (χ1) is 11.9. The predicted molar refractivity (Wildman–Crippen MR) is 99.9 cm³/mol. The van der Waals surface area contributed by atoms with Crippen molar-refractivity contribution < 1.29 is 14.4 Å². The zero-order valence-electron chi connectivity index (χ0n) is 12.7. The molecule has 3 rings (SSSR count). The summed E-state index contributed by atoms with van der Waals surface area (Å²) in [5.74, 6) is -0.807. The Morgan fingerprint density at radius 2 is 1.52 bits per heavy atom. The summed E-state index contributed by atoms with van der Waals surface area (Å²) in [7, 11) is 0. The predicted octanol–water partition coefficient (Wildman–Crippen LogP) is 4.91. The van der Waals surface area contributed by atoms with Crippen LogP contribution in [0, 0.1) is 0 Å². The summed E-state index contributed by atoms with van der Waals surface area (Å²) in [5.41, 5.74) is 1.14. The Labute approximate surface area is 158 Å². The Bertz CT molecular complexity index is 876. The molecule has 7 heteroatoms. The zero-order chi connectivity index (χ0) is 18.0. The van der Waals surface area contributed by atoms with Crippen molar-refractivity contribution in [2.45, 2.75) is 0 Å². The van der Waals surface area contributed by atoms with Crippen LogP contribution in [0.2, 0.25) is 10.0 Å². The van der Waals surface area contributed by atoms with Gasteiger partial charge in [-0.05, 0) is 59.8 Å². The Hall–Kier alpha value is -2.08. The van der Waals surface area contributed by atoms with Gasteiger partial charge in [0.1, 0.15) is 0 Å². The Kier molecular flexibility index (Phi) is 5.27. The molecule has 1 saturated heterocycles. The second-order valence-electron chi connectivity index (χ2n) is 5.25. The number of amides is 2. The number of hydrogen-bond acceptors (Lipinski definition) is 4. The Morgan fingerprint density at radius 3 is 2.12 bits per heavy atom. The number of rotatable bonds is 4. The molecule has 2 amide bonds. The standard InChI is InChI=1S/C18H11Cl2NO3S/c19-13-5-1-11(2-6-13)9-16-17(23)21(18(24)25-16)10-15(22)12-3-7-14(20)8-4-12/h1-9H,10H2/b16-9-. The average Bonchev–Trinajstić information content (AvgIpc) is 2.85. The summed E-state index contributed by atoms with van der Waals surface area (Å²) in [4.78, 5) is 38.0. The first-order valence-corrected chi connectivity index (χ1v) is 8.81. The first kappa shape index (κ1) is 17.7. The van der Waals surface area contributed by atoms with Crippen LogP contribution in [0.5, 0.6) is 0 Å². The number of hydrogen-bond donors (Lipinski definition) is 0. The van der Waals surface area contributed by atoms with E-state index >= 15 is 0 Å². The van der Waals surface area contributed by atoms with Crippen molar-refractivity contribution >= 4 is 58.0 Å². The van der Waals surface area contributed by atoms with Crippen LogP contribution in [-0.2, 0) is 4.79 Å². The molecule has 126 valence electrons. The smallest absolute Gasteiger partial charge is 0.292 e. The fraction of sp³-hybridized carbons (Fsp3) is 0.0556. The molecular weight excluding hydrogens is 381 g/mol. The molecule has 1 heterocycles. The SMILES string of the molecule is O=C(CN1C(=O)S/C(=C\c2ccc(Cl)cc2)C1=O)c1ccc(Cl)cc1. The molecule has 0 atom stereocenters. The zero-order valence-corrected chi connectivity index (χ0v) is 15.1. The maximum absolute atomic E-state index is 12.4. The maximum atomic E-state index is 12.4. The summed E-state index contributed by atoms with van der Waals surface area (Å²) >= 11 is 12.4. The van der Waals surface area contributed by atoms with Gasteiger partial charge in [0.05, 0.1) is 11.4 Å². The number of Topliss-reactive ketones (excluding diaryl/α,β-unsaturated/α-hetero) is 1. The second kappa shape index (κ2) is 7.44. The summed E-state index contributed by atoms with van der Waals surface area (Å²) in [5, 5.41) is 0.625. The Balaban J connectivity index is 1.76. The summed E-state index contributed by atoms with van der Waals surface area (Å²) in [6, 6.07) is 13.2. The molecule has 0 aromatic heterocycles. The van der Waals surface area contributed by atoms with Crippen LogP contribution in [0.4, 0.5) is 4.79 Å². The molecule has 0 saturated carbocycles. The van der Waals surface area contributed by atoms with E-state index in [2.05, 4.69) is 0 Å². The molecule has 0 unspecified atom stereocenters. The van der Waals surface area contributed by atoms with Gasteiger partial charge in [0.15, 0.2) is 5.78 Å². The lowest BCUT2D eigenvalue weighted by molar-refractivity contribution is -0.122. The van der Waals surface area contributed by atoms with Crippen LogP contribution < -0.4 is 0 Å². The molecule has 0 N–H and O–H groups in total. The number of carbonyl (C=O) groups excluding carboxylic acids is 3. The van der Waals surface area contributed by atoms with Crippen molar-refractivity contribution in [3.05, 3.63) is 74.6 Å². The molecule has 1 fully saturated rings. The van der Waals surface area contributed by atoms with Crippen LogP contribution in [-0.4, -0.2) is 28.4 Å². The fourth-order valence-electron chi connectivity index (χ4n) is 2.22. The van der Waals surface area contributed by atoms with Crippen molar-refractivity contribution in [3.8, 4) is 0 Å². The highest BCUT2D eigenvalue weighted by Crippen LogP contribution is 2.32. The number of halogens is 2. The van der Waals surface area contributed by atoms with Gasteiger partial charge in [-0.1, -0.05) is 35.3 Å². The van der Waals surface area contributed by atoms with Gasteiger partial charge in [-0.15, -0.1) is 0 Å². The van der Waals surface area contributed by atoms with Gasteiger partial charge in [-0.2, -0.15) is 0 Å². The van der Waals surface area contributed by atoms with E-state index in [1.807, 2.05) is 0 Å². The number of carbonyl (C=O) groups is 3. The topological polar surface area (TPSA) is 54.5 Å². The quantitative estimate of drug-likeness (QED) is 0.548. The molecule has 0 radical (unpaired) electrons. The third-order valence-electron chi connectivity index (χ3n) is 3.51. The fourth-order valence-corrected chi connectivity index (χ4v) is 3.31. The lowest BCUT2D eigenvalue weighted by atomic mass is 10.1. The van der Waals surface area contributed by atoms with Crippen LogP contribution in [0.1, 0.15) is 15.9 Å². The molecule has 2 aromatic carbocycles. The number of ketones is 1. The van der Waals surface area contributed by atoms with Crippen LogP contribution in [0.15, 0.2) is 53.4 Å². The molecule has 25 heavy (non-hydrogen) atoms. The van der Waals surface area contributed by atoms with Crippen molar-refractivity contribution in [1.29, 1.82) is 0 Å². The minimum Gasteiger partial charge on any atom is -0.292 e. The van der Waals surface area contributed by atoms with E-state index in [0.717, 1.165) is 22.2 Å². The molecule has 1 aliphatic rings. The molecule has 4 nitrogen and oxygen atoms in total. The largest absolute Gasteiger partial charge is 0.293 e. The molecule has 2 aromatic rings. The highest BCUT2D eigenvalue weighted by atomic mass is 35.5. The summed E-state index contributed by atoms with van der Waals surface area (Å²) < 4.78 is 0. The summed E-state index contributed by atoms with van der Waals surface area (Å²) in [6.45, 7) is -0.301. The van der Waals surface area contributed by atoms with E-state index in [1.54, 1.807) is 54.6 Å². The van der Waals surface area contributed by atoms with E-state index in [1.165, 1.54) is 0 Å².